The van der Waals surface area contributed by atoms with Crippen LogP contribution in [0.4, 0.5) is 28.4 Å². The Kier molecular flexibility index (Phi) is 10.1. The van der Waals surface area contributed by atoms with Gasteiger partial charge in [-0.2, -0.15) is 0 Å². The van der Waals surface area contributed by atoms with Crippen LogP contribution in [0.15, 0.2) is 200 Å². The minimum absolute atomic E-state index is 1.06. The number of aryl methyl sites for hydroxylation is 1. The second kappa shape index (κ2) is 15.9. The molecule has 55 heavy (non-hydrogen) atoms. The highest BCUT2D eigenvalue weighted by atomic mass is 15.1. The van der Waals surface area contributed by atoms with E-state index in [1.165, 1.54) is 65.8 Å². The van der Waals surface area contributed by atoms with Crippen LogP contribution in [0.3, 0.4) is 0 Å². The summed E-state index contributed by atoms with van der Waals surface area (Å²) in [5.41, 5.74) is 14.9. The van der Waals surface area contributed by atoms with Crippen LogP contribution in [-0.2, 0) is 0 Å². The first-order valence-corrected chi connectivity index (χ1v) is 18.7. The summed E-state index contributed by atoms with van der Waals surface area (Å²) < 4.78 is 0. The lowest BCUT2D eigenvalue weighted by molar-refractivity contribution is 1.29. The van der Waals surface area contributed by atoms with Gasteiger partial charge in [0.25, 0.3) is 0 Å². The Bertz CT molecular complexity index is 2780. The molecule has 0 saturated heterocycles. The molecule has 0 bridgehead atoms. The Morgan fingerprint density at radius 1 is 0.545 bits per heavy atom. The van der Waals surface area contributed by atoms with Gasteiger partial charge in [-0.15, -0.1) is 5.73 Å². The fourth-order valence-corrected chi connectivity index (χ4v) is 7.31. The first-order valence-electron chi connectivity index (χ1n) is 18.7. The molecule has 0 saturated carbocycles. The highest BCUT2D eigenvalue weighted by molar-refractivity contribution is 6.14. The van der Waals surface area contributed by atoms with Crippen molar-refractivity contribution >= 4 is 72.9 Å². The van der Waals surface area contributed by atoms with Gasteiger partial charge in [0, 0.05) is 33.7 Å². The lowest BCUT2D eigenvalue weighted by Gasteiger charge is -2.28. The molecule has 0 spiro atoms. The number of rotatable bonds is 8. The predicted molar refractivity (Wildman–Crippen MR) is 240 cm³/mol. The Morgan fingerprint density at radius 2 is 1.11 bits per heavy atom. The number of allylic oxidation sites excluding steroid dienone is 5. The second-order valence-electron chi connectivity index (χ2n) is 13.7. The van der Waals surface area contributed by atoms with Crippen LogP contribution in [0.1, 0.15) is 23.6 Å². The fourth-order valence-electron chi connectivity index (χ4n) is 7.31. The average molecular weight is 707 g/mol. The standard InChI is InChI=1S/C46H32N2.C7H10/c1-31-17-25-37(26-18-31)48(46-30-35-10-3-5-12-40(35)42-13-6-7-14-44(42)46)38-27-21-33(22-28-38)32-19-23-36(24-20-32)47-45-29-34-9-2-4-11-39(34)41-15-8-16-43(41)45;1-3-5-7-6-4-2/h2-7,9-30,47H,1H3;3-7H,1H2,2H3/b;6-4-,7-5-. The normalized spacial score (nSPS) is 11.7. The minimum Gasteiger partial charge on any atom is -0.355 e. The van der Waals surface area contributed by atoms with Crippen molar-refractivity contribution < 1.29 is 0 Å². The number of hydrogen-bond acceptors (Lipinski definition) is 2. The van der Waals surface area contributed by atoms with Gasteiger partial charge in [-0.05, 0) is 118 Å². The topological polar surface area (TPSA) is 15.3 Å². The van der Waals surface area contributed by atoms with E-state index >= 15 is 0 Å². The largest absolute Gasteiger partial charge is 0.355 e. The molecule has 1 N–H and O–H groups in total. The van der Waals surface area contributed by atoms with Gasteiger partial charge < -0.3 is 10.2 Å². The third kappa shape index (κ3) is 7.28. The first-order chi connectivity index (χ1) is 27.1. The number of hydrogen-bond donors (Lipinski definition) is 1. The number of anilines is 5. The number of nitrogens with zero attached hydrogens (tertiary/aromatic N) is 1. The summed E-state index contributed by atoms with van der Waals surface area (Å²) >= 11 is 0. The van der Waals surface area contributed by atoms with Gasteiger partial charge in [0.15, 0.2) is 0 Å². The van der Waals surface area contributed by atoms with Crippen LogP contribution < -0.4 is 10.2 Å². The van der Waals surface area contributed by atoms with Gasteiger partial charge in [-0.25, -0.2) is 0 Å². The first kappa shape index (κ1) is 34.9. The van der Waals surface area contributed by atoms with Crippen molar-refractivity contribution in [1.82, 2.24) is 0 Å². The maximum absolute atomic E-state index is 3.67. The van der Waals surface area contributed by atoms with Crippen LogP contribution in [-0.4, -0.2) is 0 Å². The number of benzene rings is 8. The summed E-state index contributed by atoms with van der Waals surface area (Å²) in [6.07, 6.45) is 13.7. The summed E-state index contributed by atoms with van der Waals surface area (Å²) in [5.74, 6) is 0. The van der Waals surface area contributed by atoms with Crippen molar-refractivity contribution in [2.24, 2.45) is 0 Å². The SMILES string of the molecule is C=C/C=C\C=C/C.Cc1ccc(N(c2ccc(-c3ccc(Nc4cc5ccccc5c5c4C=C=C5)cc3)cc2)c2cc3ccccc3c3ccccc23)cc1. The molecule has 264 valence electrons. The molecule has 0 heterocycles. The minimum atomic E-state index is 1.06. The third-order valence-electron chi connectivity index (χ3n) is 10.0. The Labute approximate surface area is 324 Å². The summed E-state index contributed by atoms with van der Waals surface area (Å²) in [6, 6.07) is 57.0. The van der Waals surface area contributed by atoms with Crippen molar-refractivity contribution in [2.75, 3.05) is 10.2 Å². The van der Waals surface area contributed by atoms with Gasteiger partial charge in [0.05, 0.1) is 5.69 Å². The monoisotopic (exact) mass is 706 g/mol. The zero-order valence-corrected chi connectivity index (χ0v) is 31.2. The molecule has 2 nitrogen and oxygen atoms in total. The van der Waals surface area contributed by atoms with Crippen LogP contribution in [0.2, 0.25) is 0 Å². The third-order valence-corrected chi connectivity index (χ3v) is 10.0. The summed E-state index contributed by atoms with van der Waals surface area (Å²) in [5, 5.41) is 11.1. The van der Waals surface area contributed by atoms with Gasteiger partial charge in [0.2, 0.25) is 0 Å². The van der Waals surface area contributed by atoms with Gasteiger partial charge in [-0.1, -0.05) is 152 Å². The maximum Gasteiger partial charge on any atom is 0.0546 e. The summed E-state index contributed by atoms with van der Waals surface area (Å²) in [7, 11) is 0. The quantitative estimate of drug-likeness (QED) is 0.0961. The van der Waals surface area contributed by atoms with E-state index in [0.29, 0.717) is 0 Å². The van der Waals surface area contributed by atoms with Crippen LogP contribution in [0.5, 0.6) is 0 Å². The Morgan fingerprint density at radius 3 is 1.78 bits per heavy atom. The van der Waals surface area contributed by atoms with Crippen LogP contribution >= 0.6 is 0 Å². The zero-order chi connectivity index (χ0) is 37.6. The maximum atomic E-state index is 3.67. The Hall–Kier alpha value is -7.12. The van der Waals surface area contributed by atoms with Crippen molar-refractivity contribution in [2.45, 2.75) is 13.8 Å². The molecule has 0 atom stereocenters. The van der Waals surface area contributed by atoms with E-state index in [0.717, 1.165) is 22.7 Å². The molecule has 8 aromatic carbocycles. The molecule has 0 fully saturated rings. The van der Waals surface area contributed by atoms with E-state index in [-0.39, 0.29) is 0 Å². The van der Waals surface area contributed by atoms with E-state index in [1.807, 2.05) is 31.2 Å². The molecule has 0 unspecified atom stereocenters. The molecule has 0 radical (unpaired) electrons. The highest BCUT2D eigenvalue weighted by Gasteiger charge is 2.18. The molecule has 1 aliphatic rings. The van der Waals surface area contributed by atoms with Crippen LogP contribution in [0.25, 0.3) is 55.6 Å². The molecule has 0 aromatic heterocycles. The van der Waals surface area contributed by atoms with E-state index in [9.17, 15) is 0 Å². The van der Waals surface area contributed by atoms with Crippen molar-refractivity contribution in [3.8, 4) is 11.1 Å². The Balaban J connectivity index is 0.000000560. The van der Waals surface area contributed by atoms with Gasteiger partial charge in [0.1, 0.15) is 0 Å². The lowest BCUT2D eigenvalue weighted by atomic mass is 9.98. The molecule has 0 aliphatic heterocycles. The van der Waals surface area contributed by atoms with Crippen molar-refractivity contribution in [3.63, 3.8) is 0 Å². The number of fused-ring (bicyclic) bond motifs is 6. The predicted octanol–water partition coefficient (Wildman–Crippen LogP) is 15.3. The molecular formula is C53H42N2. The lowest BCUT2D eigenvalue weighted by Crippen LogP contribution is -2.10. The van der Waals surface area contributed by atoms with Gasteiger partial charge in [-0.3, -0.25) is 0 Å². The molecule has 8 aromatic rings. The van der Waals surface area contributed by atoms with Crippen molar-refractivity contribution in [3.05, 3.63) is 217 Å². The number of nitrogens with one attached hydrogen (secondary N) is 1. The van der Waals surface area contributed by atoms with E-state index in [4.69, 9.17) is 0 Å². The highest BCUT2D eigenvalue weighted by Crippen LogP contribution is 2.42. The zero-order valence-electron chi connectivity index (χ0n) is 31.2. The average Bonchev–Trinajstić information content (AvgIpc) is 3.74. The van der Waals surface area contributed by atoms with Gasteiger partial charge >= 0.3 is 0 Å². The molecule has 0 amide bonds. The molecule has 1 aliphatic carbocycles. The second-order valence-corrected chi connectivity index (χ2v) is 13.7. The van der Waals surface area contributed by atoms with Crippen LogP contribution in [0, 0.1) is 6.92 Å². The van der Waals surface area contributed by atoms with E-state index in [1.54, 1.807) is 6.08 Å². The molecular weight excluding hydrogens is 665 g/mol. The fraction of sp³-hybridized carbons (Fsp3) is 0.0377. The van der Waals surface area contributed by atoms with Crippen molar-refractivity contribution in [1.29, 1.82) is 0 Å². The summed E-state index contributed by atoms with van der Waals surface area (Å²) in [4.78, 5) is 2.39. The summed E-state index contributed by atoms with van der Waals surface area (Å²) in [6.45, 7) is 7.63. The van der Waals surface area contributed by atoms with E-state index < -0.39 is 0 Å². The molecule has 2 heteroatoms. The molecule has 9 rings (SSSR count). The smallest absolute Gasteiger partial charge is 0.0546 e. The van der Waals surface area contributed by atoms with E-state index in [2.05, 4.69) is 199 Å².